The quantitative estimate of drug-likeness (QED) is 0.822. The lowest BCUT2D eigenvalue weighted by molar-refractivity contribution is -0.919. The Morgan fingerprint density at radius 2 is 1.75 bits per heavy atom. The third-order valence-corrected chi connectivity index (χ3v) is 5.12. The van der Waals surface area contributed by atoms with E-state index >= 15 is 0 Å². The summed E-state index contributed by atoms with van der Waals surface area (Å²) in [6, 6.07) is 2.85. The van der Waals surface area contributed by atoms with Crippen LogP contribution in [0.15, 0.2) is 12.1 Å². The fourth-order valence-electron chi connectivity index (χ4n) is 3.58. The molecule has 0 saturated carbocycles. The Kier molecular flexibility index (Phi) is 4.96. The molecule has 2 saturated heterocycles. The van der Waals surface area contributed by atoms with E-state index in [-0.39, 0.29) is 24.3 Å². The fourth-order valence-corrected chi connectivity index (χ4v) is 3.81. The molecule has 2 fully saturated rings. The predicted octanol–water partition coefficient (Wildman–Crippen LogP) is 1.06. The second kappa shape index (κ2) is 6.99. The summed E-state index contributed by atoms with van der Waals surface area (Å²) in [6.45, 7) is 1.88. The van der Waals surface area contributed by atoms with Crippen LogP contribution < -0.4 is 19.3 Å². The number of amides is 2. The molecule has 0 aromatic heterocycles. The minimum Gasteiger partial charge on any atom is -0.495 e. The molecule has 2 aliphatic heterocycles. The van der Waals surface area contributed by atoms with Crippen LogP contribution in [0.5, 0.6) is 11.5 Å². The molecule has 1 aromatic rings. The molecule has 0 unspecified atom stereocenters. The summed E-state index contributed by atoms with van der Waals surface area (Å²) in [5, 5.41) is 0.336. The van der Waals surface area contributed by atoms with Gasteiger partial charge in [0.25, 0.3) is 5.91 Å². The molecule has 7 heteroatoms. The van der Waals surface area contributed by atoms with Crippen molar-refractivity contribution in [2.75, 3.05) is 32.2 Å². The first kappa shape index (κ1) is 17.0. The summed E-state index contributed by atoms with van der Waals surface area (Å²) in [6.07, 6.45) is 3.64. The third kappa shape index (κ3) is 2.96. The average molecular weight is 354 g/mol. The van der Waals surface area contributed by atoms with Crippen LogP contribution in [0.25, 0.3) is 0 Å². The molecule has 2 heterocycles. The van der Waals surface area contributed by atoms with Crippen LogP contribution >= 0.6 is 11.6 Å². The Balaban J connectivity index is 1.93. The van der Waals surface area contributed by atoms with Gasteiger partial charge in [0, 0.05) is 6.07 Å². The van der Waals surface area contributed by atoms with E-state index < -0.39 is 0 Å². The zero-order valence-corrected chi connectivity index (χ0v) is 14.7. The van der Waals surface area contributed by atoms with E-state index in [1.807, 2.05) is 0 Å². The fraction of sp³-hybridized carbons (Fsp3) is 0.529. The monoisotopic (exact) mass is 353 g/mol. The van der Waals surface area contributed by atoms with Crippen molar-refractivity contribution in [1.29, 1.82) is 0 Å². The number of nitrogens with zero attached hydrogens (tertiary/aromatic N) is 1. The van der Waals surface area contributed by atoms with Gasteiger partial charge >= 0.3 is 0 Å². The number of nitrogens with one attached hydrogen (secondary N) is 1. The van der Waals surface area contributed by atoms with E-state index in [2.05, 4.69) is 0 Å². The number of quaternary nitrogens is 1. The maximum absolute atomic E-state index is 12.9. The van der Waals surface area contributed by atoms with E-state index in [1.54, 1.807) is 12.1 Å². The molecular weight excluding hydrogens is 332 g/mol. The van der Waals surface area contributed by atoms with Gasteiger partial charge < -0.3 is 14.4 Å². The lowest BCUT2D eigenvalue weighted by Crippen LogP contribution is -3.17. The molecule has 0 bridgehead atoms. The highest BCUT2D eigenvalue weighted by molar-refractivity contribution is 6.33. The molecule has 1 N–H and O–H groups in total. The van der Waals surface area contributed by atoms with Crippen LogP contribution in [0.1, 0.15) is 25.7 Å². The summed E-state index contributed by atoms with van der Waals surface area (Å²) >= 11 is 6.18. The molecule has 0 radical (unpaired) electrons. The van der Waals surface area contributed by atoms with Gasteiger partial charge in [0.15, 0.2) is 6.04 Å². The van der Waals surface area contributed by atoms with Crippen LogP contribution in [-0.2, 0) is 9.59 Å². The second-order valence-corrected chi connectivity index (χ2v) is 6.61. The van der Waals surface area contributed by atoms with E-state index in [4.69, 9.17) is 21.1 Å². The summed E-state index contributed by atoms with van der Waals surface area (Å²) < 4.78 is 10.5. The topological polar surface area (TPSA) is 60.3 Å². The zero-order valence-electron chi connectivity index (χ0n) is 13.9. The number of hydrogen-bond acceptors (Lipinski definition) is 4. The van der Waals surface area contributed by atoms with Crippen molar-refractivity contribution in [3.63, 3.8) is 0 Å². The first-order valence-corrected chi connectivity index (χ1v) is 8.57. The van der Waals surface area contributed by atoms with Crippen molar-refractivity contribution < 1.29 is 24.0 Å². The van der Waals surface area contributed by atoms with Crippen LogP contribution in [0.2, 0.25) is 5.02 Å². The maximum atomic E-state index is 12.9. The van der Waals surface area contributed by atoms with Gasteiger partial charge in [-0.25, -0.2) is 4.90 Å². The Hall–Kier alpha value is -1.79. The van der Waals surface area contributed by atoms with Crippen LogP contribution in [0.3, 0.4) is 0 Å². The number of carbonyl (C=O) groups is 2. The van der Waals surface area contributed by atoms with Crippen molar-refractivity contribution in [3.8, 4) is 11.5 Å². The molecule has 24 heavy (non-hydrogen) atoms. The first-order chi connectivity index (χ1) is 11.6. The molecule has 2 amide bonds. The Labute approximate surface area is 146 Å². The number of imide groups is 1. The zero-order chi connectivity index (χ0) is 17.3. The van der Waals surface area contributed by atoms with Gasteiger partial charge in [-0.05, 0) is 25.3 Å². The minimum absolute atomic E-state index is 0.170. The number of likely N-dealkylation sites (tertiary alicyclic amines) is 1. The van der Waals surface area contributed by atoms with Crippen molar-refractivity contribution in [1.82, 2.24) is 0 Å². The first-order valence-electron chi connectivity index (χ1n) is 8.19. The number of rotatable bonds is 4. The van der Waals surface area contributed by atoms with Gasteiger partial charge in [-0.3, -0.25) is 9.59 Å². The van der Waals surface area contributed by atoms with Gasteiger partial charge in [0.2, 0.25) is 5.91 Å². The smallest absolute Gasteiger partial charge is 0.292 e. The molecule has 1 atom stereocenters. The Morgan fingerprint density at radius 3 is 2.38 bits per heavy atom. The Morgan fingerprint density at radius 1 is 1.08 bits per heavy atom. The average Bonchev–Trinajstić information content (AvgIpc) is 2.90. The largest absolute Gasteiger partial charge is 0.495 e. The van der Waals surface area contributed by atoms with Crippen molar-refractivity contribution in [2.45, 2.75) is 31.7 Å². The summed E-state index contributed by atoms with van der Waals surface area (Å²) in [5.41, 5.74) is 0.386. The van der Waals surface area contributed by atoms with Gasteiger partial charge in [-0.2, -0.15) is 0 Å². The molecule has 1 aromatic carbocycles. The lowest BCUT2D eigenvalue weighted by atomic mass is 10.1. The number of benzene rings is 1. The number of anilines is 1. The Bertz CT molecular complexity index is 658. The van der Waals surface area contributed by atoms with Crippen LogP contribution in [0, 0.1) is 0 Å². The number of methoxy groups -OCH3 is 2. The summed E-state index contributed by atoms with van der Waals surface area (Å²) in [4.78, 5) is 27.9. The highest BCUT2D eigenvalue weighted by Gasteiger charge is 2.46. The highest BCUT2D eigenvalue weighted by Crippen LogP contribution is 2.39. The second-order valence-electron chi connectivity index (χ2n) is 6.20. The van der Waals surface area contributed by atoms with Crippen molar-refractivity contribution in [3.05, 3.63) is 17.2 Å². The van der Waals surface area contributed by atoms with Crippen molar-refractivity contribution in [2.24, 2.45) is 0 Å². The molecular formula is C17H22ClN2O4+. The number of ether oxygens (including phenoxy) is 2. The van der Waals surface area contributed by atoms with Crippen LogP contribution in [-0.4, -0.2) is 45.2 Å². The SMILES string of the molecule is COc1cc(OC)c(N2C(=O)C[C@@H]([NH+]3CCCCC3)C2=O)cc1Cl. The number of hydrogen-bond donors (Lipinski definition) is 1. The van der Waals surface area contributed by atoms with Gasteiger partial charge in [-0.15, -0.1) is 0 Å². The van der Waals surface area contributed by atoms with E-state index in [9.17, 15) is 9.59 Å². The molecule has 0 aliphatic carbocycles. The number of piperidine rings is 1. The summed E-state index contributed by atoms with van der Waals surface area (Å²) in [7, 11) is 2.99. The van der Waals surface area contributed by atoms with E-state index in [0.29, 0.717) is 22.2 Å². The third-order valence-electron chi connectivity index (χ3n) is 4.83. The molecule has 3 rings (SSSR count). The van der Waals surface area contributed by atoms with E-state index in [1.165, 1.54) is 30.4 Å². The highest BCUT2D eigenvalue weighted by atomic mass is 35.5. The number of carbonyl (C=O) groups excluding carboxylic acids is 2. The molecule has 130 valence electrons. The van der Waals surface area contributed by atoms with Gasteiger partial charge in [-0.1, -0.05) is 11.6 Å². The molecule has 2 aliphatic rings. The van der Waals surface area contributed by atoms with E-state index in [0.717, 1.165) is 25.9 Å². The van der Waals surface area contributed by atoms with Crippen LogP contribution in [0.4, 0.5) is 5.69 Å². The molecule has 6 nitrogen and oxygen atoms in total. The standard InChI is InChI=1S/C17H21ClN2O4/c1-23-14-10-15(24-2)12(8-11(14)18)20-16(21)9-13(17(20)22)19-6-4-3-5-7-19/h8,10,13H,3-7,9H2,1-2H3/p+1/t13-/m1/s1. The summed E-state index contributed by atoms with van der Waals surface area (Å²) in [5.74, 6) is 0.459. The van der Waals surface area contributed by atoms with Gasteiger partial charge in [0.05, 0.1) is 44.4 Å². The predicted molar refractivity (Wildman–Crippen MR) is 90.0 cm³/mol. The lowest BCUT2D eigenvalue weighted by Gasteiger charge is -2.27. The normalized spacial score (nSPS) is 22.1. The van der Waals surface area contributed by atoms with Gasteiger partial charge in [0.1, 0.15) is 11.5 Å². The minimum atomic E-state index is -0.302. The molecule has 0 spiro atoms. The van der Waals surface area contributed by atoms with Crippen molar-refractivity contribution >= 4 is 29.1 Å². The number of halogens is 1. The maximum Gasteiger partial charge on any atom is 0.292 e.